The van der Waals surface area contributed by atoms with Crippen molar-refractivity contribution in [1.29, 1.82) is 0 Å². The second-order valence-electron chi connectivity index (χ2n) is 7.25. The van der Waals surface area contributed by atoms with Crippen LogP contribution in [0.5, 0.6) is 0 Å². The summed E-state index contributed by atoms with van der Waals surface area (Å²) < 4.78 is 9.45. The van der Waals surface area contributed by atoms with E-state index in [1.807, 2.05) is 6.26 Å². The smallest absolute Gasteiger partial charge is 0.205 e. The zero-order valence-corrected chi connectivity index (χ0v) is 17.7. The van der Waals surface area contributed by atoms with Gasteiger partial charge in [0, 0.05) is 56.3 Å². The second-order valence-corrected chi connectivity index (χ2v) is 8.75. The molecule has 0 unspecified atom stereocenters. The number of piperazine rings is 1. The van der Waals surface area contributed by atoms with Gasteiger partial charge in [-0.05, 0) is 6.26 Å². The van der Waals surface area contributed by atoms with E-state index in [4.69, 9.17) is 9.72 Å². The lowest BCUT2D eigenvalue weighted by Gasteiger charge is -2.35. The summed E-state index contributed by atoms with van der Waals surface area (Å²) in [7, 11) is 1.66. The van der Waals surface area contributed by atoms with Gasteiger partial charge in [0.15, 0.2) is 11.0 Å². The van der Waals surface area contributed by atoms with Crippen molar-refractivity contribution in [3.8, 4) is 0 Å². The van der Waals surface area contributed by atoms with Gasteiger partial charge in [0.25, 0.3) is 0 Å². The second kappa shape index (κ2) is 8.06. The van der Waals surface area contributed by atoms with Gasteiger partial charge in [0.2, 0.25) is 5.13 Å². The lowest BCUT2D eigenvalue weighted by molar-refractivity contribution is 0.179. The Bertz CT molecular complexity index is 737. The molecule has 9 heteroatoms. The molecule has 7 nitrogen and oxygen atoms in total. The van der Waals surface area contributed by atoms with Crippen LogP contribution in [0, 0.1) is 0 Å². The van der Waals surface area contributed by atoms with Gasteiger partial charge in [-0.1, -0.05) is 32.5 Å². The number of ether oxygens (including phenoxy) is 1. The summed E-state index contributed by atoms with van der Waals surface area (Å²) >= 11 is 3.04. The van der Waals surface area contributed by atoms with Crippen LogP contribution < -0.4 is 9.80 Å². The molecule has 0 atom stereocenters. The first-order chi connectivity index (χ1) is 12.4. The average Bonchev–Trinajstić information content (AvgIpc) is 3.10. The molecule has 2 aromatic heterocycles. The number of aromatic nitrogens is 4. The summed E-state index contributed by atoms with van der Waals surface area (Å²) in [5.74, 6) is 1.77. The molecule has 26 heavy (non-hydrogen) atoms. The molecule has 2 aromatic rings. The van der Waals surface area contributed by atoms with Gasteiger partial charge in [-0.15, -0.1) is 0 Å². The average molecular weight is 395 g/mol. The summed E-state index contributed by atoms with van der Waals surface area (Å²) in [6.07, 6.45) is 2.02. The summed E-state index contributed by atoms with van der Waals surface area (Å²) in [6.45, 7) is 10.7. The minimum atomic E-state index is 0.00823. The van der Waals surface area contributed by atoms with E-state index in [2.05, 4.69) is 51.0 Å². The number of thioether (sulfide) groups is 1. The Kier molecular flexibility index (Phi) is 5.99. The lowest BCUT2D eigenvalue weighted by Crippen LogP contribution is -2.47. The van der Waals surface area contributed by atoms with E-state index in [1.54, 1.807) is 18.9 Å². The normalized spacial score (nSPS) is 15.6. The molecular formula is C17H26N6OS2. The summed E-state index contributed by atoms with van der Waals surface area (Å²) in [4.78, 5) is 18.6. The number of hydrogen-bond donors (Lipinski definition) is 0. The van der Waals surface area contributed by atoms with E-state index in [0.29, 0.717) is 6.61 Å². The minimum Gasteiger partial charge on any atom is -0.377 e. The van der Waals surface area contributed by atoms with Gasteiger partial charge >= 0.3 is 0 Å². The maximum absolute atomic E-state index is 5.10. The maximum atomic E-state index is 5.10. The third-order valence-electron chi connectivity index (χ3n) is 4.25. The third kappa shape index (κ3) is 4.44. The van der Waals surface area contributed by atoms with Crippen molar-refractivity contribution in [3.63, 3.8) is 0 Å². The molecule has 1 aliphatic heterocycles. The molecule has 3 heterocycles. The predicted octanol–water partition coefficient (Wildman–Crippen LogP) is 2.82. The van der Waals surface area contributed by atoms with Crippen molar-refractivity contribution in [1.82, 2.24) is 19.3 Å². The highest BCUT2D eigenvalue weighted by atomic mass is 32.2. The summed E-state index contributed by atoms with van der Waals surface area (Å²) in [5, 5.41) is 1.81. The van der Waals surface area contributed by atoms with Crippen LogP contribution in [0.4, 0.5) is 10.9 Å². The first-order valence-electron chi connectivity index (χ1n) is 8.65. The Hall–Kier alpha value is -1.45. The highest BCUT2D eigenvalue weighted by molar-refractivity contribution is 7.98. The van der Waals surface area contributed by atoms with E-state index in [1.165, 1.54) is 11.5 Å². The molecule has 142 valence electrons. The van der Waals surface area contributed by atoms with Crippen LogP contribution >= 0.6 is 23.3 Å². The first kappa shape index (κ1) is 19.3. The van der Waals surface area contributed by atoms with E-state index < -0.39 is 0 Å². The molecule has 0 bridgehead atoms. The van der Waals surface area contributed by atoms with Crippen molar-refractivity contribution in [2.24, 2.45) is 0 Å². The Morgan fingerprint density at radius 2 is 1.81 bits per heavy atom. The molecule has 0 spiro atoms. The highest BCUT2D eigenvalue weighted by Gasteiger charge is 2.24. The number of nitrogens with zero attached hydrogens (tertiary/aromatic N) is 6. The Morgan fingerprint density at radius 3 is 2.42 bits per heavy atom. The topological polar surface area (TPSA) is 67.3 Å². The lowest BCUT2D eigenvalue weighted by atomic mass is 9.92. The Balaban J connectivity index is 1.71. The standard InChI is InChI=1S/C17H26N6OS2/c1-17(2,3)12-10-14(20-15(18-12)25-5)22-6-8-23(9-7-22)16-19-13(11-24-4)21-26-16/h10H,6-9,11H2,1-5H3. The van der Waals surface area contributed by atoms with Gasteiger partial charge in [0.1, 0.15) is 12.4 Å². The van der Waals surface area contributed by atoms with Gasteiger partial charge in [-0.2, -0.15) is 4.37 Å². The van der Waals surface area contributed by atoms with Crippen LogP contribution in [0.25, 0.3) is 0 Å². The largest absolute Gasteiger partial charge is 0.377 e. The van der Waals surface area contributed by atoms with Gasteiger partial charge in [-0.25, -0.2) is 15.0 Å². The Morgan fingerprint density at radius 1 is 1.12 bits per heavy atom. The molecule has 0 aliphatic carbocycles. The molecule has 1 saturated heterocycles. The Labute approximate surface area is 163 Å². The maximum Gasteiger partial charge on any atom is 0.205 e. The summed E-state index contributed by atoms with van der Waals surface area (Å²) in [6, 6.07) is 2.14. The molecule has 1 fully saturated rings. The van der Waals surface area contributed by atoms with Crippen LogP contribution in [-0.2, 0) is 16.8 Å². The molecule has 0 radical (unpaired) electrons. The molecule has 0 aromatic carbocycles. The van der Waals surface area contributed by atoms with Gasteiger partial charge in [0.05, 0.1) is 5.69 Å². The zero-order valence-electron chi connectivity index (χ0n) is 16.0. The van der Waals surface area contributed by atoms with E-state index >= 15 is 0 Å². The highest BCUT2D eigenvalue weighted by Crippen LogP contribution is 2.27. The van der Waals surface area contributed by atoms with E-state index in [0.717, 1.165) is 53.8 Å². The summed E-state index contributed by atoms with van der Waals surface area (Å²) in [5.41, 5.74) is 1.09. The fourth-order valence-corrected chi connectivity index (χ4v) is 3.84. The molecule has 0 saturated carbocycles. The molecule has 3 rings (SSSR count). The number of hydrogen-bond acceptors (Lipinski definition) is 9. The van der Waals surface area contributed by atoms with Crippen molar-refractivity contribution >= 4 is 34.2 Å². The fourth-order valence-electron chi connectivity index (χ4n) is 2.74. The number of methoxy groups -OCH3 is 1. The first-order valence-corrected chi connectivity index (χ1v) is 10.7. The van der Waals surface area contributed by atoms with Gasteiger partial charge < -0.3 is 14.5 Å². The van der Waals surface area contributed by atoms with Crippen molar-refractivity contribution < 1.29 is 4.74 Å². The van der Waals surface area contributed by atoms with Crippen LogP contribution in [0.3, 0.4) is 0 Å². The predicted molar refractivity (Wildman–Crippen MR) is 108 cm³/mol. The van der Waals surface area contributed by atoms with Crippen molar-refractivity contribution in [3.05, 3.63) is 17.6 Å². The molecular weight excluding hydrogens is 368 g/mol. The van der Waals surface area contributed by atoms with Crippen molar-refractivity contribution in [2.75, 3.05) is 49.3 Å². The zero-order chi connectivity index (χ0) is 18.7. The molecule has 0 N–H and O–H groups in total. The number of anilines is 2. The van der Waals surface area contributed by atoms with Crippen molar-refractivity contribution in [2.45, 2.75) is 37.9 Å². The van der Waals surface area contributed by atoms with Crippen LogP contribution in [0.2, 0.25) is 0 Å². The minimum absolute atomic E-state index is 0.00823. The number of rotatable bonds is 5. The van der Waals surface area contributed by atoms with E-state index in [9.17, 15) is 0 Å². The van der Waals surface area contributed by atoms with E-state index in [-0.39, 0.29) is 5.41 Å². The monoisotopic (exact) mass is 394 g/mol. The van der Waals surface area contributed by atoms with Crippen LogP contribution in [0.1, 0.15) is 32.3 Å². The molecule has 0 amide bonds. The third-order valence-corrected chi connectivity index (χ3v) is 5.61. The van der Waals surface area contributed by atoms with Crippen LogP contribution in [-0.4, -0.2) is 58.9 Å². The fraction of sp³-hybridized carbons (Fsp3) is 0.647. The van der Waals surface area contributed by atoms with Gasteiger partial charge in [-0.3, -0.25) is 0 Å². The quantitative estimate of drug-likeness (QED) is 0.566. The SMILES string of the molecule is COCc1nsc(N2CCN(c3cc(C(C)(C)C)nc(SC)n3)CC2)n1. The molecule has 1 aliphatic rings. The van der Waals surface area contributed by atoms with Crippen LogP contribution in [0.15, 0.2) is 11.2 Å².